The predicted octanol–water partition coefficient (Wildman–Crippen LogP) is 5.01. The minimum atomic E-state index is -0.964. The molecular weight excluding hydrogens is 400 g/mol. The number of rotatable bonds is 3. The Hall–Kier alpha value is -2.44. The van der Waals surface area contributed by atoms with Crippen LogP contribution in [-0.4, -0.2) is 29.8 Å². The van der Waals surface area contributed by atoms with Crippen LogP contribution in [0, 0.1) is 11.6 Å². The van der Waals surface area contributed by atoms with E-state index in [0.29, 0.717) is 29.5 Å². The van der Waals surface area contributed by atoms with Crippen molar-refractivity contribution in [2.24, 2.45) is 0 Å². The minimum absolute atomic E-state index is 0.0265. The number of hydrogen-bond donors (Lipinski definition) is 2. The number of carbonyl (C=O) groups excluding carboxylic acids is 1. The van der Waals surface area contributed by atoms with Gasteiger partial charge in [0.05, 0.1) is 17.2 Å². The third kappa shape index (κ3) is 3.40. The maximum Gasteiger partial charge on any atom is 0.256 e. The number of amides is 1. The first-order chi connectivity index (χ1) is 13.8. The molecule has 2 aromatic carbocycles. The molecule has 4 nitrogen and oxygen atoms in total. The molecule has 1 heterocycles. The van der Waals surface area contributed by atoms with Crippen LogP contribution >= 0.6 is 11.6 Å². The van der Waals surface area contributed by atoms with E-state index in [1.807, 2.05) is 0 Å². The van der Waals surface area contributed by atoms with Crippen LogP contribution < -0.4 is 5.32 Å². The Morgan fingerprint density at radius 1 is 1.10 bits per heavy atom. The van der Waals surface area contributed by atoms with Crippen molar-refractivity contribution in [3.63, 3.8) is 0 Å². The van der Waals surface area contributed by atoms with Gasteiger partial charge in [0.15, 0.2) is 11.6 Å². The third-order valence-electron chi connectivity index (χ3n) is 5.88. The Morgan fingerprint density at radius 2 is 1.76 bits per heavy atom. The highest BCUT2D eigenvalue weighted by atomic mass is 35.5. The van der Waals surface area contributed by atoms with E-state index in [-0.39, 0.29) is 22.5 Å². The average Bonchev–Trinajstić information content (AvgIpc) is 2.95. The number of benzene rings is 2. The fraction of sp³-hybridized carbons (Fsp3) is 0.318. The van der Waals surface area contributed by atoms with E-state index in [2.05, 4.69) is 5.32 Å². The van der Waals surface area contributed by atoms with Crippen molar-refractivity contribution >= 4 is 23.1 Å². The van der Waals surface area contributed by atoms with Gasteiger partial charge in [-0.15, -0.1) is 0 Å². The standard InChI is InChI=1S/C22H20ClF2NO3/c1-29-14-6-8-22(9-7-14)20(27)19(21(28)26-22)15-10-12(2-4-16(15)23)13-3-5-17(24)18(25)11-13/h2-5,10-11,14,27H,6-9H2,1H3,(H,26,28). The molecule has 2 aliphatic rings. The normalized spacial score (nSPS) is 24.3. The fourth-order valence-corrected chi connectivity index (χ4v) is 4.40. The zero-order chi connectivity index (χ0) is 20.8. The molecule has 0 atom stereocenters. The van der Waals surface area contributed by atoms with E-state index >= 15 is 0 Å². The van der Waals surface area contributed by atoms with Gasteiger partial charge in [0, 0.05) is 17.7 Å². The lowest BCUT2D eigenvalue weighted by atomic mass is 9.79. The zero-order valence-electron chi connectivity index (χ0n) is 15.8. The quantitative estimate of drug-likeness (QED) is 0.735. The topological polar surface area (TPSA) is 58.6 Å². The summed E-state index contributed by atoms with van der Waals surface area (Å²) in [5.41, 5.74) is 0.656. The van der Waals surface area contributed by atoms with Crippen molar-refractivity contribution in [2.75, 3.05) is 7.11 Å². The summed E-state index contributed by atoms with van der Waals surface area (Å²) in [7, 11) is 1.65. The Labute approximate surface area is 172 Å². The maximum absolute atomic E-state index is 13.6. The molecule has 1 amide bonds. The fourth-order valence-electron chi connectivity index (χ4n) is 4.19. The molecule has 0 saturated heterocycles. The number of hydrogen-bond acceptors (Lipinski definition) is 3. The number of aliphatic hydroxyl groups is 1. The Kier molecular flexibility index (Phi) is 5.09. The molecule has 7 heteroatoms. The second kappa shape index (κ2) is 7.43. The van der Waals surface area contributed by atoms with Gasteiger partial charge in [-0.05, 0) is 61.1 Å². The van der Waals surface area contributed by atoms with Crippen molar-refractivity contribution < 1.29 is 23.4 Å². The second-order valence-corrected chi connectivity index (χ2v) is 7.93. The lowest BCUT2D eigenvalue weighted by Crippen LogP contribution is -2.48. The summed E-state index contributed by atoms with van der Waals surface area (Å²) >= 11 is 6.34. The monoisotopic (exact) mass is 419 g/mol. The molecule has 152 valence electrons. The molecule has 4 rings (SSSR count). The third-order valence-corrected chi connectivity index (χ3v) is 6.21. The number of aliphatic hydroxyl groups excluding tert-OH is 1. The van der Waals surface area contributed by atoms with E-state index in [1.165, 1.54) is 6.07 Å². The van der Waals surface area contributed by atoms with Gasteiger partial charge in [-0.3, -0.25) is 4.79 Å². The minimum Gasteiger partial charge on any atom is -0.509 e. The van der Waals surface area contributed by atoms with Crippen molar-refractivity contribution in [1.82, 2.24) is 5.32 Å². The summed E-state index contributed by atoms with van der Waals surface area (Å²) < 4.78 is 32.3. The van der Waals surface area contributed by atoms with Gasteiger partial charge in [-0.1, -0.05) is 23.7 Å². The lowest BCUT2D eigenvalue weighted by molar-refractivity contribution is -0.116. The van der Waals surface area contributed by atoms with E-state index < -0.39 is 23.1 Å². The van der Waals surface area contributed by atoms with Crippen molar-refractivity contribution in [3.05, 3.63) is 64.4 Å². The summed E-state index contributed by atoms with van der Waals surface area (Å²) in [4.78, 5) is 12.8. The molecule has 1 aliphatic heterocycles. The van der Waals surface area contributed by atoms with Gasteiger partial charge in [-0.25, -0.2) is 8.78 Å². The molecule has 0 bridgehead atoms. The SMILES string of the molecule is COC1CCC2(CC1)NC(=O)C(c1cc(-c3ccc(F)c(F)c3)ccc1Cl)=C2O. The zero-order valence-corrected chi connectivity index (χ0v) is 16.5. The molecule has 1 aliphatic carbocycles. The molecule has 2 aromatic rings. The first-order valence-corrected chi connectivity index (χ1v) is 9.77. The first kappa shape index (κ1) is 19.9. The van der Waals surface area contributed by atoms with Crippen LogP contribution in [0.15, 0.2) is 42.2 Å². The molecule has 0 unspecified atom stereocenters. The van der Waals surface area contributed by atoms with E-state index in [9.17, 15) is 18.7 Å². The highest BCUT2D eigenvalue weighted by Crippen LogP contribution is 2.43. The van der Waals surface area contributed by atoms with Gasteiger partial charge < -0.3 is 15.2 Å². The van der Waals surface area contributed by atoms with Crippen LogP contribution in [-0.2, 0) is 9.53 Å². The summed E-state index contributed by atoms with van der Waals surface area (Å²) in [5, 5.41) is 14.2. The van der Waals surface area contributed by atoms with E-state index in [1.54, 1.807) is 25.3 Å². The van der Waals surface area contributed by atoms with Crippen LogP contribution in [0.2, 0.25) is 5.02 Å². The maximum atomic E-state index is 13.6. The lowest BCUT2D eigenvalue weighted by Gasteiger charge is -2.36. The molecule has 1 spiro atoms. The molecule has 0 aromatic heterocycles. The Bertz CT molecular complexity index is 1010. The molecule has 0 radical (unpaired) electrons. The Balaban J connectivity index is 1.75. The summed E-state index contributed by atoms with van der Waals surface area (Å²) in [5.74, 6) is -2.33. The summed E-state index contributed by atoms with van der Waals surface area (Å²) in [6, 6.07) is 8.41. The number of halogens is 3. The van der Waals surface area contributed by atoms with Gasteiger partial charge in [0.25, 0.3) is 5.91 Å². The highest BCUT2D eigenvalue weighted by molar-refractivity contribution is 6.35. The predicted molar refractivity (Wildman–Crippen MR) is 106 cm³/mol. The molecule has 1 saturated carbocycles. The van der Waals surface area contributed by atoms with Gasteiger partial charge in [0.1, 0.15) is 5.76 Å². The van der Waals surface area contributed by atoms with Crippen LogP contribution in [0.4, 0.5) is 8.78 Å². The van der Waals surface area contributed by atoms with Crippen LogP contribution in [0.3, 0.4) is 0 Å². The van der Waals surface area contributed by atoms with E-state index in [0.717, 1.165) is 25.0 Å². The summed E-state index contributed by atoms with van der Waals surface area (Å²) in [6.07, 6.45) is 2.67. The number of ether oxygens (including phenoxy) is 1. The second-order valence-electron chi connectivity index (χ2n) is 7.52. The Morgan fingerprint density at radius 3 is 2.41 bits per heavy atom. The number of carbonyl (C=O) groups is 1. The molecule has 2 N–H and O–H groups in total. The molecule has 29 heavy (non-hydrogen) atoms. The number of nitrogens with one attached hydrogen (secondary N) is 1. The smallest absolute Gasteiger partial charge is 0.256 e. The summed E-state index contributed by atoms with van der Waals surface area (Å²) in [6.45, 7) is 0. The van der Waals surface area contributed by atoms with Crippen LogP contribution in [0.25, 0.3) is 16.7 Å². The first-order valence-electron chi connectivity index (χ1n) is 9.39. The highest BCUT2D eigenvalue weighted by Gasteiger charge is 2.48. The van der Waals surface area contributed by atoms with Crippen molar-refractivity contribution in [1.29, 1.82) is 0 Å². The average molecular weight is 420 g/mol. The molecule has 1 fully saturated rings. The number of methoxy groups -OCH3 is 1. The van der Waals surface area contributed by atoms with Gasteiger partial charge in [0.2, 0.25) is 0 Å². The van der Waals surface area contributed by atoms with E-state index in [4.69, 9.17) is 16.3 Å². The van der Waals surface area contributed by atoms with Crippen molar-refractivity contribution in [3.8, 4) is 11.1 Å². The van der Waals surface area contributed by atoms with Gasteiger partial charge >= 0.3 is 0 Å². The molecular formula is C22H20ClF2NO3. The van der Waals surface area contributed by atoms with Crippen molar-refractivity contribution in [2.45, 2.75) is 37.3 Å². The largest absolute Gasteiger partial charge is 0.509 e. The van der Waals surface area contributed by atoms with Crippen LogP contribution in [0.5, 0.6) is 0 Å². The van der Waals surface area contributed by atoms with Crippen LogP contribution in [0.1, 0.15) is 31.2 Å². The van der Waals surface area contributed by atoms with Gasteiger partial charge in [-0.2, -0.15) is 0 Å².